The van der Waals surface area contributed by atoms with Crippen LogP contribution in [0.15, 0.2) is 25.3 Å². The molecule has 0 saturated carbocycles. The predicted molar refractivity (Wildman–Crippen MR) is 67.5 cm³/mol. The van der Waals surface area contributed by atoms with Gasteiger partial charge in [0.1, 0.15) is 0 Å². The first-order valence-electron chi connectivity index (χ1n) is 4.75. The molecule has 0 spiro atoms. The van der Waals surface area contributed by atoms with Gasteiger partial charge >= 0.3 is 107 Å². The van der Waals surface area contributed by atoms with Crippen LogP contribution >= 0.6 is 0 Å². The van der Waals surface area contributed by atoms with Gasteiger partial charge in [-0.3, -0.25) is 0 Å². The van der Waals surface area contributed by atoms with Crippen molar-refractivity contribution in [3.8, 4) is 0 Å². The number of hydrogen-bond acceptors (Lipinski definition) is 2. The second-order valence-corrected chi connectivity index (χ2v) is 10.5. The Morgan fingerprint density at radius 2 is 1.31 bits per heavy atom. The van der Waals surface area contributed by atoms with Gasteiger partial charge < -0.3 is 0 Å². The Kier molecular flexibility index (Phi) is 10.6. The minimum atomic E-state index is -0.110. The quantitative estimate of drug-likeness (QED) is 0.341. The zero-order valence-electron chi connectivity index (χ0n) is 9.03. The van der Waals surface area contributed by atoms with Crippen LogP contribution in [0.2, 0.25) is 10.6 Å². The molecule has 2 N–H and O–H groups in total. The Morgan fingerprint density at radius 3 is 1.62 bits per heavy atom. The molecule has 90 valence electrons. The van der Waals surface area contributed by atoms with Gasteiger partial charge in [0, 0.05) is 0 Å². The van der Waals surface area contributed by atoms with Crippen LogP contribution in [-0.2, 0) is 9.59 Å². The number of nitrogens with one attached hydrogen (secondary N) is 2. The number of carbonyl (C=O) groups excluding carboxylic acids is 2. The average molecular weight is 354 g/mol. The fraction of sp³-hybridized carbons (Fsp3) is 0.400. The van der Waals surface area contributed by atoms with E-state index in [0.29, 0.717) is 26.3 Å². The summed E-state index contributed by atoms with van der Waals surface area (Å²) >= 11 is 1.17. The van der Waals surface area contributed by atoms with Gasteiger partial charge in [0.05, 0.1) is 0 Å². The van der Waals surface area contributed by atoms with Crippen molar-refractivity contribution in [2.45, 2.75) is 10.6 Å². The fourth-order valence-corrected chi connectivity index (χ4v) is 6.35. The molecule has 6 heteroatoms. The van der Waals surface area contributed by atoms with Crippen molar-refractivity contribution < 1.29 is 9.59 Å². The predicted octanol–water partition coefficient (Wildman–Crippen LogP) is -0.249. The van der Waals surface area contributed by atoms with Crippen molar-refractivity contribution in [2.24, 2.45) is 0 Å². The Labute approximate surface area is 107 Å². The summed E-state index contributed by atoms with van der Waals surface area (Å²) in [6.45, 7) is 8.20. The molecule has 0 saturated heterocycles. The van der Waals surface area contributed by atoms with Crippen LogP contribution < -0.4 is 10.6 Å². The van der Waals surface area contributed by atoms with Gasteiger partial charge in [-0.25, -0.2) is 0 Å². The van der Waals surface area contributed by atoms with E-state index in [1.807, 2.05) is 0 Å². The van der Waals surface area contributed by atoms with E-state index in [2.05, 4.69) is 23.8 Å². The summed E-state index contributed by atoms with van der Waals surface area (Å²) in [6.07, 6.45) is 2.56. The molecule has 16 heavy (non-hydrogen) atoms. The summed E-state index contributed by atoms with van der Waals surface area (Å²) in [4.78, 5) is 21.6. The Hall–Kier alpha value is -0.541. The topological polar surface area (TPSA) is 58.2 Å². The molecule has 0 unspecified atom stereocenters. The van der Waals surface area contributed by atoms with E-state index in [1.165, 1.54) is 12.2 Å². The maximum atomic E-state index is 10.8. The summed E-state index contributed by atoms with van der Waals surface area (Å²) in [6, 6.07) is 0. The van der Waals surface area contributed by atoms with Crippen LogP contribution in [-0.4, -0.2) is 51.2 Å². The van der Waals surface area contributed by atoms with Crippen molar-refractivity contribution in [3.63, 3.8) is 0 Å². The van der Waals surface area contributed by atoms with Crippen molar-refractivity contribution in [2.75, 3.05) is 13.1 Å². The van der Waals surface area contributed by atoms with E-state index >= 15 is 0 Å². The molecular formula is C10H16N2O2Se2. The molecule has 0 radical (unpaired) electrons. The van der Waals surface area contributed by atoms with Crippen LogP contribution in [0.3, 0.4) is 0 Å². The summed E-state index contributed by atoms with van der Waals surface area (Å²) < 4.78 is 0. The third-order valence-electron chi connectivity index (χ3n) is 1.42. The van der Waals surface area contributed by atoms with Crippen LogP contribution in [0.25, 0.3) is 0 Å². The molecule has 0 atom stereocenters. The molecule has 0 aliphatic rings. The van der Waals surface area contributed by atoms with E-state index < -0.39 is 0 Å². The van der Waals surface area contributed by atoms with Gasteiger partial charge in [0.15, 0.2) is 0 Å². The molecule has 0 aromatic carbocycles. The van der Waals surface area contributed by atoms with Crippen LogP contribution in [0.1, 0.15) is 0 Å². The van der Waals surface area contributed by atoms with Crippen LogP contribution in [0, 0.1) is 0 Å². The number of rotatable bonds is 9. The molecule has 0 aromatic rings. The monoisotopic (exact) mass is 356 g/mol. The fourth-order valence-electron chi connectivity index (χ4n) is 0.694. The van der Waals surface area contributed by atoms with E-state index in [4.69, 9.17) is 0 Å². The van der Waals surface area contributed by atoms with Crippen molar-refractivity contribution in [1.29, 1.82) is 0 Å². The van der Waals surface area contributed by atoms with E-state index in [1.54, 1.807) is 0 Å². The molecule has 0 aliphatic heterocycles. The summed E-state index contributed by atoms with van der Waals surface area (Å²) in [5.41, 5.74) is 0. The van der Waals surface area contributed by atoms with E-state index in [0.717, 1.165) is 23.7 Å². The molecular weight excluding hydrogens is 338 g/mol. The van der Waals surface area contributed by atoms with Gasteiger partial charge in [-0.15, -0.1) is 0 Å². The second-order valence-electron chi connectivity index (χ2n) is 2.63. The third-order valence-corrected chi connectivity index (χ3v) is 8.78. The normalized spacial score (nSPS) is 9.25. The zero-order valence-corrected chi connectivity index (χ0v) is 12.5. The molecule has 4 nitrogen and oxygen atoms in total. The summed E-state index contributed by atoms with van der Waals surface area (Å²) in [5, 5.41) is 7.56. The van der Waals surface area contributed by atoms with Crippen LogP contribution in [0.5, 0.6) is 0 Å². The van der Waals surface area contributed by atoms with E-state index in [-0.39, 0.29) is 11.8 Å². The van der Waals surface area contributed by atoms with Crippen molar-refractivity contribution in [1.82, 2.24) is 10.6 Å². The molecule has 2 amide bonds. The standard InChI is InChI=1S/C10H16N2O2Se2/c1-3-9(13)11-5-7-15-16-8-6-12-10(14)4-2/h3-4H,1-2,5-8H2,(H,11,13)(H,12,14). The first-order chi connectivity index (χ1) is 7.70. The first-order valence-corrected chi connectivity index (χ1v) is 11.5. The van der Waals surface area contributed by atoms with Gasteiger partial charge in [0.25, 0.3) is 0 Å². The van der Waals surface area contributed by atoms with Crippen molar-refractivity contribution in [3.05, 3.63) is 25.3 Å². The van der Waals surface area contributed by atoms with Crippen LogP contribution in [0.4, 0.5) is 0 Å². The second kappa shape index (κ2) is 11.0. The van der Waals surface area contributed by atoms with Gasteiger partial charge in [-0.2, -0.15) is 0 Å². The van der Waals surface area contributed by atoms with Gasteiger partial charge in [0.2, 0.25) is 0 Å². The van der Waals surface area contributed by atoms with Crippen molar-refractivity contribution >= 4 is 38.1 Å². The van der Waals surface area contributed by atoms with Gasteiger partial charge in [-0.1, -0.05) is 0 Å². The Balaban J connectivity index is 3.15. The average Bonchev–Trinajstić information content (AvgIpc) is 2.31. The molecule has 0 aromatic heterocycles. The first kappa shape index (κ1) is 15.5. The number of hydrogen-bond donors (Lipinski definition) is 2. The molecule has 0 heterocycles. The Morgan fingerprint density at radius 1 is 0.938 bits per heavy atom. The summed E-state index contributed by atoms with van der Waals surface area (Å²) in [7, 11) is 0. The molecule has 0 rings (SSSR count). The number of carbonyl (C=O) groups is 2. The Bertz CT molecular complexity index is 231. The SMILES string of the molecule is C=CC(=O)NCC[Se][Se]CCNC(=O)C=C. The molecule has 0 fully saturated rings. The van der Waals surface area contributed by atoms with E-state index in [9.17, 15) is 9.59 Å². The minimum absolute atomic E-state index is 0.110. The summed E-state index contributed by atoms with van der Waals surface area (Å²) in [5.74, 6) is -0.219. The maximum absolute atomic E-state index is 10.8. The third kappa shape index (κ3) is 9.99. The zero-order chi connectivity index (χ0) is 12.2. The van der Waals surface area contributed by atoms with Gasteiger partial charge in [-0.05, 0) is 0 Å². The number of amides is 2. The molecule has 0 bridgehead atoms. The molecule has 0 aliphatic carbocycles.